The molecule has 0 unspecified atom stereocenters. The minimum atomic E-state index is -0.336. The molecule has 1 amide bonds. The Balaban J connectivity index is 3.27. The summed E-state index contributed by atoms with van der Waals surface area (Å²) in [7, 11) is 3.16. The normalized spacial score (nSPS) is 9.93. The number of amides is 1. The van der Waals surface area contributed by atoms with Crippen molar-refractivity contribution in [3.63, 3.8) is 0 Å². The molecule has 0 aliphatic rings. The Morgan fingerprint density at radius 3 is 2.57 bits per heavy atom. The first kappa shape index (κ1) is 10.7. The van der Waals surface area contributed by atoms with Gasteiger partial charge in [0.2, 0.25) is 0 Å². The predicted molar refractivity (Wildman–Crippen MR) is 55.5 cm³/mol. The van der Waals surface area contributed by atoms with Crippen molar-refractivity contribution in [2.24, 2.45) is 0 Å². The van der Waals surface area contributed by atoms with Gasteiger partial charge in [0.05, 0.1) is 11.3 Å². The fourth-order valence-electron chi connectivity index (χ4n) is 1.02. The summed E-state index contributed by atoms with van der Waals surface area (Å²) in [6, 6.07) is 2.78. The van der Waals surface area contributed by atoms with E-state index in [1.807, 2.05) is 0 Å². The summed E-state index contributed by atoms with van der Waals surface area (Å²) in [6.07, 6.45) is 0. The molecule has 14 heavy (non-hydrogen) atoms. The molecule has 4 nitrogen and oxygen atoms in total. The number of nitrogens with two attached hydrogens (primary N) is 1. The summed E-state index contributed by atoms with van der Waals surface area (Å²) in [6.45, 7) is 0. The van der Waals surface area contributed by atoms with Gasteiger partial charge in [0.1, 0.15) is 0 Å². The number of nitrogen functional groups attached to an aromatic ring is 1. The molecule has 0 aliphatic heterocycles. The van der Waals surface area contributed by atoms with Gasteiger partial charge < -0.3 is 15.7 Å². The lowest BCUT2D eigenvalue weighted by Crippen LogP contribution is -2.21. The van der Waals surface area contributed by atoms with Crippen LogP contribution in [0.3, 0.4) is 0 Å². The molecule has 76 valence electrons. The van der Waals surface area contributed by atoms with E-state index in [-0.39, 0.29) is 22.9 Å². The molecular weight excluding hydrogens is 204 g/mol. The van der Waals surface area contributed by atoms with Crippen LogP contribution in [0, 0.1) is 0 Å². The molecule has 0 spiro atoms. The molecule has 3 N–H and O–H groups in total. The maximum atomic E-state index is 11.5. The number of carbonyl (C=O) groups excluding carboxylic acids is 1. The van der Waals surface area contributed by atoms with Crippen molar-refractivity contribution in [3.8, 4) is 5.75 Å². The van der Waals surface area contributed by atoms with E-state index in [9.17, 15) is 9.90 Å². The van der Waals surface area contributed by atoms with Crippen LogP contribution in [0.25, 0.3) is 0 Å². The molecule has 5 heteroatoms. The molecule has 0 radical (unpaired) electrons. The third-order valence-corrected chi connectivity index (χ3v) is 1.96. The van der Waals surface area contributed by atoms with Crippen LogP contribution in [0.2, 0.25) is 5.02 Å². The average Bonchev–Trinajstić information content (AvgIpc) is 2.09. The molecule has 1 aromatic carbocycles. The predicted octanol–water partition coefficient (Wildman–Crippen LogP) is 1.33. The Bertz CT molecular complexity index is 377. The second-order valence-corrected chi connectivity index (χ2v) is 3.53. The van der Waals surface area contributed by atoms with Crippen molar-refractivity contribution >= 4 is 23.2 Å². The average molecular weight is 215 g/mol. The maximum absolute atomic E-state index is 11.5. The maximum Gasteiger partial charge on any atom is 0.257 e. The van der Waals surface area contributed by atoms with Crippen molar-refractivity contribution in [1.82, 2.24) is 4.90 Å². The number of nitrogens with zero attached hydrogens (tertiary/aromatic N) is 1. The van der Waals surface area contributed by atoms with E-state index < -0.39 is 0 Å². The van der Waals surface area contributed by atoms with Gasteiger partial charge in [0.25, 0.3) is 5.91 Å². The van der Waals surface area contributed by atoms with E-state index in [0.717, 1.165) is 0 Å². The number of phenols is 1. The Hall–Kier alpha value is -1.42. The van der Waals surface area contributed by atoms with Gasteiger partial charge in [-0.3, -0.25) is 4.79 Å². The minimum Gasteiger partial charge on any atom is -0.505 e. The van der Waals surface area contributed by atoms with E-state index in [2.05, 4.69) is 0 Å². The van der Waals surface area contributed by atoms with Gasteiger partial charge in [-0.15, -0.1) is 0 Å². The molecule has 0 saturated heterocycles. The lowest BCUT2D eigenvalue weighted by atomic mass is 10.1. The van der Waals surface area contributed by atoms with Gasteiger partial charge in [0.15, 0.2) is 5.75 Å². The Kier molecular flexibility index (Phi) is 2.86. The second kappa shape index (κ2) is 3.75. The Labute approximate surface area is 86.9 Å². The van der Waals surface area contributed by atoms with Crippen molar-refractivity contribution in [2.75, 3.05) is 19.8 Å². The molecule has 0 atom stereocenters. The zero-order valence-corrected chi connectivity index (χ0v) is 8.67. The summed E-state index contributed by atoms with van der Waals surface area (Å²) in [5, 5.41) is 9.83. The minimum absolute atomic E-state index is 0.0997. The Morgan fingerprint density at radius 2 is 2.07 bits per heavy atom. The van der Waals surface area contributed by atoms with Gasteiger partial charge in [-0.1, -0.05) is 11.6 Å². The second-order valence-electron chi connectivity index (χ2n) is 3.09. The molecule has 1 aromatic rings. The smallest absolute Gasteiger partial charge is 0.257 e. The van der Waals surface area contributed by atoms with Crippen LogP contribution in [-0.2, 0) is 0 Å². The molecular formula is C9H11ClN2O2. The first-order valence-corrected chi connectivity index (χ1v) is 4.31. The quantitative estimate of drug-likeness (QED) is 0.548. The molecule has 0 fully saturated rings. The molecule has 0 bridgehead atoms. The van der Waals surface area contributed by atoms with Gasteiger partial charge in [-0.05, 0) is 12.1 Å². The summed E-state index contributed by atoms with van der Waals surface area (Å²) < 4.78 is 0. The monoisotopic (exact) mass is 214 g/mol. The fourth-order valence-corrected chi connectivity index (χ4v) is 1.25. The highest BCUT2D eigenvalue weighted by Crippen LogP contribution is 2.29. The zero-order valence-electron chi connectivity index (χ0n) is 7.91. The number of carbonyl (C=O) groups is 1. The number of anilines is 1. The van der Waals surface area contributed by atoms with Gasteiger partial charge in [-0.2, -0.15) is 0 Å². The van der Waals surface area contributed by atoms with Crippen LogP contribution in [0.1, 0.15) is 10.4 Å². The van der Waals surface area contributed by atoms with Crippen molar-refractivity contribution in [3.05, 3.63) is 22.7 Å². The number of aromatic hydroxyl groups is 1. The number of benzene rings is 1. The highest BCUT2D eigenvalue weighted by molar-refractivity contribution is 6.31. The molecule has 0 heterocycles. The van der Waals surface area contributed by atoms with Gasteiger partial charge in [-0.25, -0.2) is 0 Å². The number of phenolic OH excluding ortho intramolecular Hbond substituents is 1. The molecule has 0 aliphatic carbocycles. The van der Waals surface area contributed by atoms with Crippen LogP contribution in [0.5, 0.6) is 5.75 Å². The van der Waals surface area contributed by atoms with Crippen molar-refractivity contribution < 1.29 is 9.90 Å². The SMILES string of the molecule is CN(C)C(=O)c1cc(Cl)cc(N)c1O. The lowest BCUT2D eigenvalue weighted by Gasteiger charge is -2.12. The van der Waals surface area contributed by atoms with Crippen LogP contribution in [0.4, 0.5) is 5.69 Å². The largest absolute Gasteiger partial charge is 0.505 e. The highest BCUT2D eigenvalue weighted by Gasteiger charge is 2.15. The van der Waals surface area contributed by atoms with Crippen LogP contribution >= 0.6 is 11.6 Å². The summed E-state index contributed by atoms with van der Waals surface area (Å²) in [5.74, 6) is -0.565. The van der Waals surface area contributed by atoms with E-state index >= 15 is 0 Å². The Morgan fingerprint density at radius 1 is 1.50 bits per heavy atom. The molecule has 0 aromatic heterocycles. The number of hydrogen-bond acceptors (Lipinski definition) is 3. The zero-order chi connectivity index (χ0) is 10.9. The standard InChI is InChI=1S/C9H11ClN2O2/c1-12(2)9(14)6-3-5(10)4-7(11)8(6)13/h3-4,13H,11H2,1-2H3. The van der Waals surface area contributed by atoms with Crippen LogP contribution in [-0.4, -0.2) is 30.0 Å². The van der Waals surface area contributed by atoms with Crippen LogP contribution in [0.15, 0.2) is 12.1 Å². The van der Waals surface area contributed by atoms with Crippen molar-refractivity contribution in [2.45, 2.75) is 0 Å². The summed E-state index contributed by atoms with van der Waals surface area (Å²) in [4.78, 5) is 12.9. The third-order valence-electron chi connectivity index (χ3n) is 1.74. The van der Waals surface area contributed by atoms with E-state index in [4.69, 9.17) is 17.3 Å². The van der Waals surface area contributed by atoms with Crippen LogP contribution < -0.4 is 5.73 Å². The summed E-state index contributed by atoms with van der Waals surface area (Å²) >= 11 is 5.71. The molecule has 0 saturated carbocycles. The first-order valence-electron chi connectivity index (χ1n) is 3.93. The van der Waals surface area contributed by atoms with E-state index in [0.29, 0.717) is 5.02 Å². The number of halogens is 1. The van der Waals surface area contributed by atoms with Crippen molar-refractivity contribution in [1.29, 1.82) is 0 Å². The summed E-state index contributed by atoms with van der Waals surface area (Å²) in [5.41, 5.74) is 5.67. The number of hydrogen-bond donors (Lipinski definition) is 2. The fraction of sp³-hybridized carbons (Fsp3) is 0.222. The third kappa shape index (κ3) is 1.90. The number of rotatable bonds is 1. The van der Waals surface area contributed by atoms with Gasteiger partial charge in [0, 0.05) is 19.1 Å². The van der Waals surface area contributed by atoms with Gasteiger partial charge >= 0.3 is 0 Å². The lowest BCUT2D eigenvalue weighted by molar-refractivity contribution is 0.0825. The first-order chi connectivity index (χ1) is 6.43. The van der Waals surface area contributed by atoms with E-state index in [1.54, 1.807) is 14.1 Å². The topological polar surface area (TPSA) is 66.6 Å². The van der Waals surface area contributed by atoms with E-state index in [1.165, 1.54) is 17.0 Å². The highest BCUT2D eigenvalue weighted by atomic mass is 35.5. The molecule has 1 rings (SSSR count).